The average molecular weight is 385 g/mol. The summed E-state index contributed by atoms with van der Waals surface area (Å²) in [4.78, 5) is 0. The molecule has 1 N–H and O–H groups in total. The zero-order chi connectivity index (χ0) is 20.2. The molecule has 0 spiro atoms. The molecule has 0 bridgehead atoms. The van der Waals surface area contributed by atoms with Crippen LogP contribution in [0.5, 0.6) is 0 Å². The predicted molar refractivity (Wildman–Crippen MR) is 119 cm³/mol. The first-order valence-electron chi connectivity index (χ1n) is 12.3. The summed E-state index contributed by atoms with van der Waals surface area (Å²) in [6.45, 7) is 13.6. The minimum Gasteiger partial charge on any atom is -0.389 e. The first kappa shape index (κ1) is 20.7. The highest BCUT2D eigenvalue weighted by Crippen LogP contribution is 2.69. The zero-order valence-electron chi connectivity index (χ0n) is 19.0. The lowest BCUT2D eigenvalue weighted by atomic mass is 9.43. The molecule has 1 nitrogen and oxygen atoms in total. The van der Waals surface area contributed by atoms with Gasteiger partial charge in [0.05, 0.1) is 5.60 Å². The van der Waals surface area contributed by atoms with Crippen molar-refractivity contribution in [2.75, 3.05) is 0 Å². The number of allylic oxidation sites excluding steroid dienone is 3. The third-order valence-corrected chi connectivity index (χ3v) is 10.4. The molecular formula is C27H44O. The Morgan fingerprint density at radius 2 is 1.82 bits per heavy atom. The third-order valence-electron chi connectivity index (χ3n) is 10.4. The fraction of sp³-hybridized carbons (Fsp3) is 0.852. The third kappa shape index (κ3) is 2.98. The maximum Gasteiger partial charge on any atom is 0.0734 e. The average Bonchev–Trinajstić information content (AvgIpc) is 2.92. The molecule has 0 aromatic heterocycles. The van der Waals surface area contributed by atoms with Crippen molar-refractivity contribution in [2.24, 2.45) is 40.4 Å². The second kappa shape index (κ2) is 7.29. The van der Waals surface area contributed by atoms with Gasteiger partial charge in [0.25, 0.3) is 0 Å². The maximum absolute atomic E-state index is 12.3. The van der Waals surface area contributed by atoms with Crippen molar-refractivity contribution in [3.05, 3.63) is 24.3 Å². The lowest BCUT2D eigenvalue weighted by Gasteiger charge is -2.63. The van der Waals surface area contributed by atoms with Crippen LogP contribution in [0, 0.1) is 40.4 Å². The van der Waals surface area contributed by atoms with E-state index < -0.39 is 5.60 Å². The molecule has 4 fully saturated rings. The van der Waals surface area contributed by atoms with Gasteiger partial charge >= 0.3 is 0 Å². The summed E-state index contributed by atoms with van der Waals surface area (Å²) in [5.41, 5.74) is 1.34. The summed E-state index contributed by atoms with van der Waals surface area (Å²) < 4.78 is 0. The quantitative estimate of drug-likeness (QED) is 0.504. The molecule has 0 heterocycles. The molecule has 0 saturated heterocycles. The van der Waals surface area contributed by atoms with Crippen LogP contribution in [0.1, 0.15) is 98.3 Å². The molecule has 0 aromatic carbocycles. The summed E-state index contributed by atoms with van der Waals surface area (Å²) in [6.07, 6.45) is 18.9. The van der Waals surface area contributed by atoms with Gasteiger partial charge in [0, 0.05) is 0 Å². The molecular weight excluding hydrogens is 340 g/mol. The van der Waals surface area contributed by atoms with Crippen LogP contribution < -0.4 is 0 Å². The number of rotatable bonds is 4. The fourth-order valence-electron chi connectivity index (χ4n) is 8.86. The maximum atomic E-state index is 12.3. The van der Waals surface area contributed by atoms with E-state index in [9.17, 15) is 5.11 Å². The largest absolute Gasteiger partial charge is 0.389 e. The van der Waals surface area contributed by atoms with Crippen molar-refractivity contribution in [2.45, 2.75) is 104 Å². The van der Waals surface area contributed by atoms with Gasteiger partial charge in [-0.2, -0.15) is 0 Å². The van der Waals surface area contributed by atoms with Crippen LogP contribution in [0.3, 0.4) is 0 Å². The number of fused-ring (bicyclic) bond motifs is 5. The normalized spacial score (nSPS) is 49.3. The van der Waals surface area contributed by atoms with Gasteiger partial charge in [0.1, 0.15) is 0 Å². The second-order valence-electron chi connectivity index (χ2n) is 11.7. The van der Waals surface area contributed by atoms with Crippen molar-refractivity contribution in [3.8, 4) is 0 Å². The van der Waals surface area contributed by atoms with Crippen molar-refractivity contribution in [1.29, 1.82) is 0 Å². The topological polar surface area (TPSA) is 20.2 Å². The van der Waals surface area contributed by atoms with E-state index in [0.717, 1.165) is 30.3 Å². The summed E-state index contributed by atoms with van der Waals surface area (Å²) in [5.74, 6) is 3.55. The summed E-state index contributed by atoms with van der Waals surface area (Å²) >= 11 is 0. The molecule has 4 aliphatic carbocycles. The van der Waals surface area contributed by atoms with E-state index in [2.05, 4.69) is 46.4 Å². The van der Waals surface area contributed by atoms with Crippen LogP contribution in [0.15, 0.2) is 24.3 Å². The van der Waals surface area contributed by atoms with Crippen molar-refractivity contribution in [3.63, 3.8) is 0 Å². The van der Waals surface area contributed by atoms with Crippen LogP contribution >= 0.6 is 0 Å². The highest BCUT2D eigenvalue weighted by Gasteiger charge is 2.67. The summed E-state index contributed by atoms with van der Waals surface area (Å²) in [7, 11) is 0. The Bertz CT molecular complexity index is 634. The van der Waals surface area contributed by atoms with E-state index in [0.29, 0.717) is 23.2 Å². The Hall–Kier alpha value is -0.560. The second-order valence-corrected chi connectivity index (χ2v) is 11.7. The van der Waals surface area contributed by atoms with Gasteiger partial charge in [0.15, 0.2) is 0 Å². The first-order valence-corrected chi connectivity index (χ1v) is 12.3. The Labute approximate surface area is 174 Å². The Morgan fingerprint density at radius 1 is 1.04 bits per heavy atom. The molecule has 28 heavy (non-hydrogen) atoms. The minimum absolute atomic E-state index is 0.114. The molecule has 0 aliphatic heterocycles. The fourth-order valence-corrected chi connectivity index (χ4v) is 8.86. The Morgan fingerprint density at radius 3 is 2.57 bits per heavy atom. The Kier molecular flexibility index (Phi) is 5.39. The van der Waals surface area contributed by atoms with Crippen LogP contribution in [0.2, 0.25) is 0 Å². The number of hydrogen-bond acceptors (Lipinski definition) is 1. The van der Waals surface area contributed by atoms with E-state index in [1.165, 1.54) is 57.8 Å². The monoisotopic (exact) mass is 384 g/mol. The highest BCUT2D eigenvalue weighted by atomic mass is 16.3. The smallest absolute Gasteiger partial charge is 0.0734 e. The molecule has 0 radical (unpaired) electrons. The van der Waals surface area contributed by atoms with Gasteiger partial charge in [-0.25, -0.2) is 0 Å². The lowest BCUT2D eigenvalue weighted by molar-refractivity contribution is -0.208. The number of aliphatic hydroxyl groups is 1. The van der Waals surface area contributed by atoms with Crippen molar-refractivity contribution >= 4 is 0 Å². The van der Waals surface area contributed by atoms with Crippen LogP contribution in [0.4, 0.5) is 0 Å². The van der Waals surface area contributed by atoms with Crippen molar-refractivity contribution < 1.29 is 5.11 Å². The minimum atomic E-state index is -0.418. The molecule has 1 heteroatoms. The van der Waals surface area contributed by atoms with Crippen LogP contribution in [0.25, 0.3) is 0 Å². The Balaban J connectivity index is 1.56. The summed E-state index contributed by atoms with van der Waals surface area (Å²) in [5, 5.41) is 12.3. The van der Waals surface area contributed by atoms with E-state index in [1.54, 1.807) is 0 Å². The van der Waals surface area contributed by atoms with Crippen molar-refractivity contribution in [1.82, 2.24) is 0 Å². The first-order chi connectivity index (χ1) is 13.2. The molecule has 158 valence electrons. The summed E-state index contributed by atoms with van der Waals surface area (Å²) in [6, 6.07) is 0. The SMILES string of the molecule is C=C(C)C=CC[C@@H](C)[C@H]1CC[C@@]2(O)[C@@H]3CCC4CCCC[C@]4(C)[C@H]3CC[C@]12C. The predicted octanol–water partition coefficient (Wildman–Crippen LogP) is 7.31. The highest BCUT2D eigenvalue weighted by molar-refractivity contribution is 5.17. The molecule has 1 unspecified atom stereocenters. The molecule has 0 amide bonds. The van der Waals surface area contributed by atoms with E-state index in [1.807, 2.05) is 0 Å². The van der Waals surface area contributed by atoms with Gasteiger partial charge < -0.3 is 5.11 Å². The lowest BCUT2D eigenvalue weighted by Crippen LogP contribution is -2.62. The van der Waals surface area contributed by atoms with E-state index in [-0.39, 0.29) is 5.41 Å². The zero-order valence-corrected chi connectivity index (χ0v) is 19.0. The number of hydrogen-bond donors (Lipinski definition) is 1. The van der Waals surface area contributed by atoms with E-state index >= 15 is 0 Å². The van der Waals surface area contributed by atoms with Crippen LogP contribution in [-0.4, -0.2) is 10.7 Å². The van der Waals surface area contributed by atoms with Gasteiger partial charge in [-0.1, -0.05) is 57.9 Å². The molecule has 4 saturated carbocycles. The van der Waals surface area contributed by atoms with Gasteiger partial charge in [-0.05, 0) is 105 Å². The molecule has 4 aliphatic rings. The molecule has 8 atom stereocenters. The van der Waals surface area contributed by atoms with Gasteiger partial charge in [-0.15, -0.1) is 0 Å². The van der Waals surface area contributed by atoms with Gasteiger partial charge in [-0.3, -0.25) is 0 Å². The van der Waals surface area contributed by atoms with Gasteiger partial charge in [0.2, 0.25) is 0 Å². The van der Waals surface area contributed by atoms with Crippen LogP contribution in [-0.2, 0) is 0 Å². The molecule has 0 aromatic rings. The van der Waals surface area contributed by atoms with E-state index in [4.69, 9.17) is 0 Å². The standard InChI is InChI=1S/C27H44O/c1-19(2)9-8-10-20(3)22-15-18-27(28)24-13-12-21-11-6-7-16-25(21,4)23(24)14-17-26(22,27)5/h8-9,20-24,28H,1,6-7,10-18H2,2-5H3/t20-,21?,22-,23+,24-,25+,26-,27-/m1/s1. The molecule has 4 rings (SSSR count).